The van der Waals surface area contributed by atoms with Gasteiger partial charge in [-0.15, -0.1) is 0 Å². The highest BCUT2D eigenvalue weighted by molar-refractivity contribution is 5.87. The molecule has 0 fully saturated rings. The molecule has 74 valence electrons. The van der Waals surface area contributed by atoms with Crippen molar-refractivity contribution in [2.24, 2.45) is 0 Å². The van der Waals surface area contributed by atoms with Crippen LogP contribution in [0.25, 0.3) is 0 Å². The number of rotatable bonds is 5. The smallest absolute Gasteiger partial charge is 0.152 e. The van der Waals surface area contributed by atoms with Gasteiger partial charge in [0, 0.05) is 0 Å². The Morgan fingerprint density at radius 3 is 1.21 bits per heavy atom. The average molecular weight is 190 g/mol. The van der Waals surface area contributed by atoms with E-state index in [9.17, 15) is 9.59 Å². The molecule has 0 spiro atoms. The molecular weight excluding hydrogens is 176 g/mol. The van der Waals surface area contributed by atoms with Gasteiger partial charge < -0.3 is 0 Å². The first-order valence-corrected chi connectivity index (χ1v) is 4.32. The summed E-state index contributed by atoms with van der Waals surface area (Å²) in [4.78, 5) is 20.9. The van der Waals surface area contributed by atoms with E-state index < -0.39 is 0 Å². The van der Waals surface area contributed by atoms with Gasteiger partial charge >= 0.3 is 0 Å². The van der Waals surface area contributed by atoms with Gasteiger partial charge in [-0.2, -0.15) is 0 Å². The Hall–Kier alpha value is -1.70. The number of allylic oxidation sites excluding steroid dienone is 8. The maximum Gasteiger partial charge on any atom is 0.152 e. The second-order valence-corrected chi connectivity index (χ2v) is 2.71. The van der Waals surface area contributed by atoms with E-state index in [0.29, 0.717) is 0 Å². The van der Waals surface area contributed by atoms with Crippen LogP contribution in [-0.2, 0) is 9.59 Å². The van der Waals surface area contributed by atoms with E-state index in [1.165, 1.54) is 26.0 Å². The van der Waals surface area contributed by atoms with E-state index in [1.54, 1.807) is 36.5 Å². The molecular formula is C12H14O2. The Morgan fingerprint density at radius 2 is 0.929 bits per heavy atom. The van der Waals surface area contributed by atoms with Gasteiger partial charge in [-0.3, -0.25) is 9.59 Å². The van der Waals surface area contributed by atoms with Crippen LogP contribution < -0.4 is 0 Å². The molecule has 0 saturated carbocycles. The fourth-order valence-electron chi connectivity index (χ4n) is 0.639. The summed E-state index contributed by atoms with van der Waals surface area (Å²) in [6, 6.07) is 0. The molecule has 14 heavy (non-hydrogen) atoms. The molecule has 0 N–H and O–H groups in total. The highest BCUT2D eigenvalue weighted by Gasteiger charge is 1.76. The van der Waals surface area contributed by atoms with Crippen LogP contribution in [-0.4, -0.2) is 11.6 Å². The van der Waals surface area contributed by atoms with Crippen LogP contribution in [0.3, 0.4) is 0 Å². The van der Waals surface area contributed by atoms with Crippen molar-refractivity contribution in [1.29, 1.82) is 0 Å². The second kappa shape index (κ2) is 7.92. The molecule has 0 heterocycles. The number of hydrogen-bond acceptors (Lipinski definition) is 2. The van der Waals surface area contributed by atoms with Gasteiger partial charge in [0.15, 0.2) is 11.6 Å². The Kier molecular flexibility index (Phi) is 6.96. The first-order valence-electron chi connectivity index (χ1n) is 4.32. The van der Waals surface area contributed by atoms with Crippen LogP contribution in [0.5, 0.6) is 0 Å². The first kappa shape index (κ1) is 12.3. The van der Waals surface area contributed by atoms with Crippen molar-refractivity contribution >= 4 is 11.6 Å². The lowest BCUT2D eigenvalue weighted by Gasteiger charge is -1.76. The molecule has 0 aliphatic rings. The number of carbonyl (C=O) groups excluding carboxylic acids is 2. The molecule has 0 bridgehead atoms. The minimum atomic E-state index is 0.0232. The molecule has 0 atom stereocenters. The summed E-state index contributed by atoms with van der Waals surface area (Å²) in [5, 5.41) is 0. The lowest BCUT2D eigenvalue weighted by molar-refractivity contribution is -0.113. The monoisotopic (exact) mass is 190 g/mol. The molecule has 0 aromatic rings. The Morgan fingerprint density at radius 1 is 0.643 bits per heavy atom. The van der Waals surface area contributed by atoms with E-state index in [2.05, 4.69) is 0 Å². The second-order valence-electron chi connectivity index (χ2n) is 2.71. The maximum absolute atomic E-state index is 10.5. The van der Waals surface area contributed by atoms with Gasteiger partial charge in [0.25, 0.3) is 0 Å². The fourth-order valence-corrected chi connectivity index (χ4v) is 0.639. The molecule has 2 nitrogen and oxygen atoms in total. The average Bonchev–Trinajstić information content (AvgIpc) is 2.08. The molecule has 0 rings (SSSR count). The Bertz CT molecular complexity index is 272. The van der Waals surface area contributed by atoms with Crippen molar-refractivity contribution in [3.8, 4) is 0 Å². The molecule has 0 unspecified atom stereocenters. The summed E-state index contributed by atoms with van der Waals surface area (Å²) in [7, 11) is 0. The lowest BCUT2D eigenvalue weighted by atomic mass is 10.3. The Balaban J connectivity index is 3.82. The van der Waals surface area contributed by atoms with E-state index >= 15 is 0 Å². The van der Waals surface area contributed by atoms with E-state index in [1.807, 2.05) is 0 Å². The summed E-state index contributed by atoms with van der Waals surface area (Å²) in [6.45, 7) is 2.99. The Labute approximate surface area is 84.3 Å². The third-order valence-corrected chi connectivity index (χ3v) is 1.22. The minimum Gasteiger partial charge on any atom is -0.295 e. The highest BCUT2D eigenvalue weighted by Crippen LogP contribution is 1.83. The van der Waals surface area contributed by atoms with Gasteiger partial charge in [0.2, 0.25) is 0 Å². The molecule has 0 aliphatic carbocycles. The van der Waals surface area contributed by atoms with Crippen LogP contribution in [0, 0.1) is 0 Å². The molecule has 0 amide bonds. The zero-order valence-electron chi connectivity index (χ0n) is 8.44. The zero-order chi connectivity index (χ0) is 10.8. The van der Waals surface area contributed by atoms with Crippen molar-refractivity contribution < 1.29 is 9.59 Å². The molecule has 2 heteroatoms. The van der Waals surface area contributed by atoms with Crippen LogP contribution in [0.4, 0.5) is 0 Å². The number of carbonyl (C=O) groups is 2. The van der Waals surface area contributed by atoms with E-state index in [-0.39, 0.29) is 11.6 Å². The van der Waals surface area contributed by atoms with E-state index in [4.69, 9.17) is 0 Å². The van der Waals surface area contributed by atoms with Crippen LogP contribution in [0.2, 0.25) is 0 Å². The van der Waals surface area contributed by atoms with Crippen LogP contribution in [0.15, 0.2) is 48.6 Å². The lowest BCUT2D eigenvalue weighted by Crippen LogP contribution is -1.77. The van der Waals surface area contributed by atoms with Crippen molar-refractivity contribution in [3.05, 3.63) is 48.6 Å². The van der Waals surface area contributed by atoms with Crippen LogP contribution in [0.1, 0.15) is 13.8 Å². The van der Waals surface area contributed by atoms with Gasteiger partial charge in [-0.05, 0) is 26.0 Å². The van der Waals surface area contributed by atoms with E-state index in [0.717, 1.165) is 0 Å². The summed E-state index contributed by atoms with van der Waals surface area (Å²) in [5.74, 6) is 0.0465. The molecule has 0 saturated heterocycles. The summed E-state index contributed by atoms with van der Waals surface area (Å²) >= 11 is 0. The van der Waals surface area contributed by atoms with Gasteiger partial charge in [-0.25, -0.2) is 0 Å². The van der Waals surface area contributed by atoms with Crippen molar-refractivity contribution in [3.63, 3.8) is 0 Å². The predicted octanol–water partition coefficient (Wildman–Crippen LogP) is 2.39. The molecule has 0 aliphatic heterocycles. The first-order chi connectivity index (χ1) is 6.63. The number of ketones is 2. The van der Waals surface area contributed by atoms with Crippen molar-refractivity contribution in [2.45, 2.75) is 13.8 Å². The minimum absolute atomic E-state index is 0.0232. The largest absolute Gasteiger partial charge is 0.295 e. The van der Waals surface area contributed by atoms with Gasteiger partial charge in [0.05, 0.1) is 0 Å². The SMILES string of the molecule is CC(=O)C=CC=CC=CC=CC(C)=O. The topological polar surface area (TPSA) is 34.1 Å². The quantitative estimate of drug-likeness (QED) is 0.492. The maximum atomic E-state index is 10.5. The third kappa shape index (κ3) is 10.3. The fraction of sp³-hybridized carbons (Fsp3) is 0.167. The molecule has 0 aromatic carbocycles. The number of hydrogen-bond donors (Lipinski definition) is 0. The predicted molar refractivity (Wildman–Crippen MR) is 57.9 cm³/mol. The summed E-state index contributed by atoms with van der Waals surface area (Å²) in [6.07, 6.45) is 13.4. The summed E-state index contributed by atoms with van der Waals surface area (Å²) in [5.41, 5.74) is 0. The van der Waals surface area contributed by atoms with Gasteiger partial charge in [-0.1, -0.05) is 36.5 Å². The molecule has 0 radical (unpaired) electrons. The van der Waals surface area contributed by atoms with Crippen LogP contribution >= 0.6 is 0 Å². The van der Waals surface area contributed by atoms with Crippen molar-refractivity contribution in [1.82, 2.24) is 0 Å². The highest BCUT2D eigenvalue weighted by atomic mass is 16.1. The third-order valence-electron chi connectivity index (χ3n) is 1.22. The normalized spacial score (nSPS) is 12.4. The van der Waals surface area contributed by atoms with Crippen molar-refractivity contribution in [2.75, 3.05) is 0 Å². The summed E-state index contributed by atoms with van der Waals surface area (Å²) < 4.78 is 0. The molecule has 0 aromatic heterocycles. The van der Waals surface area contributed by atoms with Gasteiger partial charge in [0.1, 0.15) is 0 Å². The zero-order valence-corrected chi connectivity index (χ0v) is 8.44. The standard InChI is InChI=1S/C12H14O2/c1-11(13)9-7-5-3-4-6-8-10-12(2)14/h3-10H,1-2H3.